The molecule has 2 fully saturated rings. The van der Waals surface area contributed by atoms with Crippen molar-refractivity contribution >= 4 is 5.78 Å². The Morgan fingerprint density at radius 3 is 2.53 bits per heavy atom. The molecule has 2 saturated heterocycles. The molecule has 2 bridgehead atoms. The number of rotatable bonds is 2. The second-order valence-corrected chi connectivity index (χ2v) is 6.31. The molecular weight excluding hydrogens is 234 g/mol. The normalized spacial score (nSPS) is 31.2. The van der Waals surface area contributed by atoms with Crippen molar-refractivity contribution < 1.29 is 4.79 Å². The molecule has 0 radical (unpaired) electrons. The number of benzene rings is 1. The van der Waals surface area contributed by atoms with E-state index in [-0.39, 0.29) is 5.92 Å². The van der Waals surface area contributed by atoms with Gasteiger partial charge in [-0.1, -0.05) is 30.2 Å². The minimum absolute atomic E-state index is 0.244. The Morgan fingerprint density at radius 2 is 1.89 bits per heavy atom. The maximum Gasteiger partial charge on any atom is 0.166 e. The van der Waals surface area contributed by atoms with Gasteiger partial charge in [-0.05, 0) is 45.7 Å². The average Bonchev–Trinajstić information content (AvgIpc) is 2.37. The summed E-state index contributed by atoms with van der Waals surface area (Å²) in [5.41, 5.74) is 2.09. The molecule has 1 aromatic carbocycles. The van der Waals surface area contributed by atoms with E-state index in [9.17, 15) is 4.79 Å². The molecule has 19 heavy (non-hydrogen) atoms. The van der Waals surface area contributed by atoms with Crippen LogP contribution in [-0.4, -0.2) is 29.8 Å². The van der Waals surface area contributed by atoms with Crippen molar-refractivity contribution in [2.75, 3.05) is 7.05 Å². The third kappa shape index (κ3) is 2.46. The molecule has 0 aliphatic carbocycles. The summed E-state index contributed by atoms with van der Waals surface area (Å²) in [6.45, 7) is 2.06. The first-order valence-electron chi connectivity index (χ1n) is 7.48. The number of Topliss-reactive ketones (excluding diaryl/α,β-unsaturated/α-hetero) is 1. The highest BCUT2D eigenvalue weighted by Crippen LogP contribution is 2.37. The predicted octanol–water partition coefficient (Wildman–Crippen LogP) is 3.44. The highest BCUT2D eigenvalue weighted by atomic mass is 16.1. The Labute approximate surface area is 115 Å². The van der Waals surface area contributed by atoms with Gasteiger partial charge in [0.25, 0.3) is 0 Å². The summed E-state index contributed by atoms with van der Waals surface area (Å²) in [5, 5.41) is 0. The minimum atomic E-state index is 0.244. The van der Waals surface area contributed by atoms with Crippen LogP contribution in [0.25, 0.3) is 0 Å². The number of carbonyl (C=O) groups is 1. The van der Waals surface area contributed by atoms with Crippen LogP contribution in [0, 0.1) is 12.8 Å². The van der Waals surface area contributed by atoms with E-state index in [1.54, 1.807) is 0 Å². The van der Waals surface area contributed by atoms with Crippen LogP contribution in [0.3, 0.4) is 0 Å². The zero-order chi connectivity index (χ0) is 13.4. The van der Waals surface area contributed by atoms with E-state index in [1.165, 1.54) is 24.8 Å². The van der Waals surface area contributed by atoms with Gasteiger partial charge in [0.1, 0.15) is 0 Å². The standard InChI is InChI=1S/C17H23NO/c1-12-5-3-6-13(9-12)17(19)14-10-15-7-4-8-16(11-14)18(15)2/h3,5-6,9,14-16H,4,7-8,10-11H2,1-2H3. The number of hydrogen-bond acceptors (Lipinski definition) is 2. The molecule has 1 aromatic rings. The highest BCUT2D eigenvalue weighted by molar-refractivity contribution is 5.98. The summed E-state index contributed by atoms with van der Waals surface area (Å²) in [4.78, 5) is 15.2. The van der Waals surface area contributed by atoms with E-state index in [4.69, 9.17) is 0 Å². The van der Waals surface area contributed by atoms with Crippen LogP contribution in [0.1, 0.15) is 48.0 Å². The van der Waals surface area contributed by atoms with Gasteiger partial charge < -0.3 is 4.90 Å². The second-order valence-electron chi connectivity index (χ2n) is 6.31. The molecule has 0 N–H and O–H groups in total. The van der Waals surface area contributed by atoms with Crippen LogP contribution < -0.4 is 0 Å². The van der Waals surface area contributed by atoms with E-state index >= 15 is 0 Å². The Kier molecular flexibility index (Phi) is 3.44. The molecule has 0 saturated carbocycles. The van der Waals surface area contributed by atoms with E-state index in [0.717, 1.165) is 18.4 Å². The molecule has 3 rings (SSSR count). The third-order valence-corrected chi connectivity index (χ3v) is 5.01. The van der Waals surface area contributed by atoms with Crippen molar-refractivity contribution in [1.29, 1.82) is 0 Å². The number of hydrogen-bond donors (Lipinski definition) is 0. The fourth-order valence-electron chi connectivity index (χ4n) is 3.86. The van der Waals surface area contributed by atoms with Crippen LogP contribution in [0.4, 0.5) is 0 Å². The fourth-order valence-corrected chi connectivity index (χ4v) is 3.86. The zero-order valence-corrected chi connectivity index (χ0v) is 11.9. The average molecular weight is 257 g/mol. The lowest BCUT2D eigenvalue weighted by molar-refractivity contribution is 0.0338. The van der Waals surface area contributed by atoms with Gasteiger partial charge in [-0.2, -0.15) is 0 Å². The molecule has 0 spiro atoms. The molecule has 2 aliphatic heterocycles. The van der Waals surface area contributed by atoms with Gasteiger partial charge in [-0.15, -0.1) is 0 Å². The quantitative estimate of drug-likeness (QED) is 0.756. The van der Waals surface area contributed by atoms with Crippen molar-refractivity contribution in [3.05, 3.63) is 35.4 Å². The molecule has 0 aromatic heterocycles. The summed E-state index contributed by atoms with van der Waals surface area (Å²) in [7, 11) is 2.24. The first-order chi connectivity index (χ1) is 9.15. The summed E-state index contributed by atoms with van der Waals surface area (Å²) in [6.07, 6.45) is 5.99. The summed E-state index contributed by atoms with van der Waals surface area (Å²) in [5.74, 6) is 0.613. The summed E-state index contributed by atoms with van der Waals surface area (Å²) >= 11 is 0. The Hall–Kier alpha value is -1.15. The van der Waals surface area contributed by atoms with E-state index in [2.05, 4.69) is 24.9 Å². The van der Waals surface area contributed by atoms with Gasteiger partial charge in [-0.3, -0.25) is 4.79 Å². The number of nitrogens with zero attached hydrogens (tertiary/aromatic N) is 1. The molecule has 2 unspecified atom stereocenters. The van der Waals surface area contributed by atoms with Gasteiger partial charge in [-0.25, -0.2) is 0 Å². The van der Waals surface area contributed by atoms with Crippen molar-refractivity contribution in [2.24, 2.45) is 5.92 Å². The molecular formula is C17H23NO. The van der Waals surface area contributed by atoms with Gasteiger partial charge >= 0.3 is 0 Å². The Balaban J connectivity index is 1.78. The van der Waals surface area contributed by atoms with Crippen LogP contribution in [0.2, 0.25) is 0 Å². The maximum absolute atomic E-state index is 12.7. The predicted molar refractivity (Wildman–Crippen MR) is 77.4 cm³/mol. The topological polar surface area (TPSA) is 20.3 Å². The van der Waals surface area contributed by atoms with Crippen molar-refractivity contribution in [1.82, 2.24) is 4.90 Å². The minimum Gasteiger partial charge on any atom is -0.300 e. The van der Waals surface area contributed by atoms with Gasteiger partial charge in [0.05, 0.1) is 0 Å². The Morgan fingerprint density at radius 1 is 1.21 bits per heavy atom. The zero-order valence-electron chi connectivity index (χ0n) is 11.9. The summed E-state index contributed by atoms with van der Waals surface area (Å²) in [6, 6.07) is 9.33. The van der Waals surface area contributed by atoms with Crippen molar-refractivity contribution in [3.8, 4) is 0 Å². The first kappa shape index (κ1) is 12.9. The lowest BCUT2D eigenvalue weighted by Crippen LogP contribution is -2.51. The lowest BCUT2D eigenvalue weighted by Gasteiger charge is -2.46. The fraction of sp³-hybridized carbons (Fsp3) is 0.588. The highest BCUT2D eigenvalue weighted by Gasteiger charge is 2.38. The smallest absolute Gasteiger partial charge is 0.166 e. The van der Waals surface area contributed by atoms with Gasteiger partial charge in [0.2, 0.25) is 0 Å². The van der Waals surface area contributed by atoms with E-state index in [0.29, 0.717) is 17.9 Å². The largest absolute Gasteiger partial charge is 0.300 e. The Bertz CT molecular complexity index is 468. The second kappa shape index (κ2) is 5.09. The molecule has 2 heteroatoms. The molecule has 2 nitrogen and oxygen atoms in total. The number of piperidine rings is 2. The van der Waals surface area contributed by atoms with Crippen molar-refractivity contribution in [3.63, 3.8) is 0 Å². The first-order valence-corrected chi connectivity index (χ1v) is 7.48. The monoisotopic (exact) mass is 257 g/mol. The third-order valence-electron chi connectivity index (χ3n) is 5.01. The molecule has 2 atom stereocenters. The van der Waals surface area contributed by atoms with E-state index < -0.39 is 0 Å². The van der Waals surface area contributed by atoms with Crippen LogP contribution >= 0.6 is 0 Å². The molecule has 102 valence electrons. The number of carbonyl (C=O) groups excluding carboxylic acids is 1. The van der Waals surface area contributed by atoms with Crippen LogP contribution in [0.15, 0.2) is 24.3 Å². The number of fused-ring (bicyclic) bond motifs is 2. The number of aryl methyl sites for hydroxylation is 1. The maximum atomic E-state index is 12.7. The van der Waals surface area contributed by atoms with Crippen LogP contribution in [0.5, 0.6) is 0 Å². The van der Waals surface area contributed by atoms with Gasteiger partial charge in [0, 0.05) is 23.6 Å². The van der Waals surface area contributed by atoms with Crippen LogP contribution in [-0.2, 0) is 0 Å². The molecule has 0 amide bonds. The summed E-state index contributed by atoms with van der Waals surface area (Å²) < 4.78 is 0. The van der Waals surface area contributed by atoms with Crippen molar-refractivity contribution in [2.45, 2.75) is 51.1 Å². The van der Waals surface area contributed by atoms with E-state index in [1.807, 2.05) is 18.2 Å². The number of ketones is 1. The lowest BCUT2D eigenvalue weighted by atomic mass is 9.76. The molecule has 2 aliphatic rings. The van der Waals surface area contributed by atoms with Gasteiger partial charge in [0.15, 0.2) is 5.78 Å². The SMILES string of the molecule is Cc1cccc(C(=O)C2CC3CCCC(C2)N3C)c1. The molecule has 2 heterocycles.